The maximum Gasteiger partial charge on any atom is 0.323 e. The first-order valence-electron chi connectivity index (χ1n) is 6.57. The summed E-state index contributed by atoms with van der Waals surface area (Å²) in [6.45, 7) is 3.41. The van der Waals surface area contributed by atoms with Crippen LogP contribution < -0.4 is 5.32 Å². The van der Waals surface area contributed by atoms with Crippen molar-refractivity contribution in [3.05, 3.63) is 0 Å². The third-order valence-electron chi connectivity index (χ3n) is 2.74. The summed E-state index contributed by atoms with van der Waals surface area (Å²) in [6, 6.07) is -0.335. The zero-order valence-electron chi connectivity index (χ0n) is 11.9. The molecule has 1 fully saturated rings. The Morgan fingerprint density at radius 2 is 2.19 bits per heavy atom. The highest BCUT2D eigenvalue weighted by atomic mass is 32.2. The van der Waals surface area contributed by atoms with E-state index in [1.165, 1.54) is 4.90 Å². The van der Waals surface area contributed by atoms with Gasteiger partial charge in [0.2, 0.25) is 9.47 Å². The molecule has 0 bridgehead atoms. The Kier molecular flexibility index (Phi) is 6.03. The molecule has 0 aliphatic carbocycles. The van der Waals surface area contributed by atoms with E-state index in [0.717, 1.165) is 17.8 Å². The molecule has 1 atom stereocenters. The summed E-state index contributed by atoms with van der Waals surface area (Å²) in [4.78, 5) is 13.5. The van der Waals surface area contributed by atoms with Gasteiger partial charge in [-0.25, -0.2) is 4.79 Å². The van der Waals surface area contributed by atoms with Gasteiger partial charge < -0.3 is 14.4 Å². The first-order chi connectivity index (χ1) is 10.1. The molecule has 1 unspecified atom stereocenters. The zero-order chi connectivity index (χ0) is 15.2. The van der Waals surface area contributed by atoms with Gasteiger partial charge in [0, 0.05) is 12.8 Å². The van der Waals surface area contributed by atoms with E-state index in [9.17, 15) is 9.00 Å². The Bertz CT molecular complexity index is 504. The van der Waals surface area contributed by atoms with Crippen molar-refractivity contribution in [3.63, 3.8) is 0 Å². The summed E-state index contributed by atoms with van der Waals surface area (Å²) in [5.41, 5.74) is 0. The average Bonchev–Trinajstić information content (AvgIpc) is 2.96. The lowest BCUT2D eigenvalue weighted by Gasteiger charge is -2.27. The number of nitrogens with one attached hydrogen (secondary N) is 1. The van der Waals surface area contributed by atoms with Crippen molar-refractivity contribution in [1.82, 2.24) is 15.1 Å². The fourth-order valence-electron chi connectivity index (χ4n) is 1.61. The highest BCUT2D eigenvalue weighted by Crippen LogP contribution is 2.19. The number of hydrogen-bond acceptors (Lipinski definition) is 7. The SMILES string of the molecule is CCS(=O)c1nnc(NC(=O)N(C)CC2OCCCO2)s1. The van der Waals surface area contributed by atoms with Crippen molar-refractivity contribution in [1.29, 1.82) is 0 Å². The van der Waals surface area contributed by atoms with Crippen molar-refractivity contribution in [2.24, 2.45) is 0 Å². The third kappa shape index (κ3) is 4.70. The molecule has 8 nitrogen and oxygen atoms in total. The van der Waals surface area contributed by atoms with Gasteiger partial charge in [0.1, 0.15) is 0 Å². The summed E-state index contributed by atoms with van der Waals surface area (Å²) < 4.78 is 22.8. The molecule has 10 heteroatoms. The van der Waals surface area contributed by atoms with Gasteiger partial charge in [-0.15, -0.1) is 10.2 Å². The van der Waals surface area contributed by atoms with Crippen LogP contribution in [0.1, 0.15) is 13.3 Å². The lowest BCUT2D eigenvalue weighted by molar-refractivity contribution is -0.181. The van der Waals surface area contributed by atoms with Crippen molar-refractivity contribution in [2.45, 2.75) is 24.0 Å². The van der Waals surface area contributed by atoms with E-state index in [-0.39, 0.29) is 6.03 Å². The van der Waals surface area contributed by atoms with Crippen molar-refractivity contribution < 1.29 is 18.5 Å². The first kappa shape index (κ1) is 16.3. The molecule has 118 valence electrons. The van der Waals surface area contributed by atoms with Crippen LogP contribution >= 0.6 is 11.3 Å². The van der Waals surface area contributed by atoms with Gasteiger partial charge in [0.15, 0.2) is 6.29 Å². The van der Waals surface area contributed by atoms with E-state index >= 15 is 0 Å². The number of carbonyl (C=O) groups is 1. The Morgan fingerprint density at radius 3 is 2.86 bits per heavy atom. The smallest absolute Gasteiger partial charge is 0.323 e. The Hall–Kier alpha value is -1.10. The van der Waals surface area contributed by atoms with Gasteiger partial charge in [-0.3, -0.25) is 9.53 Å². The largest absolute Gasteiger partial charge is 0.351 e. The predicted molar refractivity (Wildman–Crippen MR) is 78.8 cm³/mol. The van der Waals surface area contributed by atoms with E-state index in [1.54, 1.807) is 14.0 Å². The second kappa shape index (κ2) is 7.78. The van der Waals surface area contributed by atoms with Gasteiger partial charge >= 0.3 is 6.03 Å². The molecule has 2 amide bonds. The van der Waals surface area contributed by atoms with Gasteiger partial charge in [-0.2, -0.15) is 0 Å². The number of anilines is 1. The molecule has 21 heavy (non-hydrogen) atoms. The van der Waals surface area contributed by atoms with Gasteiger partial charge in [-0.1, -0.05) is 18.3 Å². The second-order valence-electron chi connectivity index (χ2n) is 4.34. The van der Waals surface area contributed by atoms with Crippen molar-refractivity contribution in [3.8, 4) is 0 Å². The lowest BCUT2D eigenvalue weighted by atomic mass is 10.4. The Morgan fingerprint density at radius 1 is 1.48 bits per heavy atom. The molecule has 1 N–H and O–H groups in total. The minimum Gasteiger partial charge on any atom is -0.351 e. The maximum atomic E-state index is 12.0. The Balaban J connectivity index is 1.85. The number of amides is 2. The normalized spacial score (nSPS) is 17.4. The summed E-state index contributed by atoms with van der Waals surface area (Å²) in [5, 5.41) is 10.6. The zero-order valence-corrected chi connectivity index (χ0v) is 13.5. The van der Waals surface area contributed by atoms with E-state index in [4.69, 9.17) is 9.47 Å². The van der Waals surface area contributed by atoms with Crippen LogP contribution in [0.3, 0.4) is 0 Å². The van der Waals surface area contributed by atoms with E-state index < -0.39 is 17.1 Å². The molecular formula is C11H18N4O4S2. The van der Waals surface area contributed by atoms with E-state index in [0.29, 0.717) is 35.0 Å². The van der Waals surface area contributed by atoms with Crippen LogP contribution in [0, 0.1) is 0 Å². The molecule has 1 aromatic rings. The predicted octanol–water partition coefficient (Wildman–Crippen LogP) is 0.892. The number of urea groups is 1. The number of nitrogens with zero attached hydrogens (tertiary/aromatic N) is 3. The van der Waals surface area contributed by atoms with Crippen LogP contribution in [-0.2, 0) is 20.3 Å². The van der Waals surface area contributed by atoms with Crippen molar-refractivity contribution >= 4 is 33.3 Å². The summed E-state index contributed by atoms with van der Waals surface area (Å²) in [6.07, 6.45) is 0.473. The minimum atomic E-state index is -1.16. The molecule has 0 spiro atoms. The summed E-state index contributed by atoms with van der Waals surface area (Å²) >= 11 is 1.11. The quantitative estimate of drug-likeness (QED) is 0.804. The molecule has 0 radical (unpaired) electrons. The molecule has 2 heterocycles. The highest BCUT2D eigenvalue weighted by Gasteiger charge is 2.20. The van der Waals surface area contributed by atoms with Crippen LogP contribution in [0.15, 0.2) is 4.34 Å². The molecule has 1 saturated heterocycles. The molecule has 2 rings (SSSR count). The first-order valence-corrected chi connectivity index (χ1v) is 8.71. The second-order valence-corrected chi connectivity index (χ2v) is 7.23. The topological polar surface area (TPSA) is 93.7 Å². The van der Waals surface area contributed by atoms with E-state index in [1.807, 2.05) is 0 Å². The number of rotatable bonds is 5. The highest BCUT2D eigenvalue weighted by molar-refractivity contribution is 7.87. The summed E-state index contributed by atoms with van der Waals surface area (Å²) in [7, 11) is 0.481. The summed E-state index contributed by atoms with van der Waals surface area (Å²) in [5.74, 6) is 0.471. The molecule has 1 aliphatic heterocycles. The molecule has 1 aromatic heterocycles. The number of carbonyl (C=O) groups excluding carboxylic acids is 1. The molecule has 1 aliphatic rings. The fourth-order valence-corrected chi connectivity index (χ4v) is 3.42. The fraction of sp³-hybridized carbons (Fsp3) is 0.727. The monoisotopic (exact) mass is 334 g/mol. The van der Waals surface area contributed by atoms with Crippen LogP contribution in [0.2, 0.25) is 0 Å². The van der Waals surface area contributed by atoms with Gasteiger partial charge in [0.05, 0.1) is 30.6 Å². The van der Waals surface area contributed by atoms with Crippen LogP contribution in [0.25, 0.3) is 0 Å². The minimum absolute atomic E-state index is 0.328. The van der Waals surface area contributed by atoms with Gasteiger partial charge in [-0.05, 0) is 6.42 Å². The standard InChI is InChI=1S/C11H18N4O4S2/c1-3-21(17)11-14-13-9(20-11)12-10(16)15(2)7-8-18-5-4-6-19-8/h8H,3-7H2,1-2H3,(H,12,13,16). The van der Waals surface area contributed by atoms with Crippen LogP contribution in [0.4, 0.5) is 9.93 Å². The van der Waals surface area contributed by atoms with Crippen LogP contribution in [-0.4, -0.2) is 64.2 Å². The molecular weight excluding hydrogens is 316 g/mol. The number of likely N-dealkylation sites (N-methyl/N-ethyl adjacent to an activating group) is 1. The average molecular weight is 334 g/mol. The molecule has 0 aromatic carbocycles. The molecule has 0 saturated carbocycles. The number of ether oxygens (including phenoxy) is 2. The Labute approximate surface area is 129 Å². The number of hydrogen-bond donors (Lipinski definition) is 1. The lowest BCUT2D eigenvalue weighted by Crippen LogP contribution is -2.41. The number of aromatic nitrogens is 2. The van der Waals surface area contributed by atoms with Gasteiger partial charge in [0.25, 0.3) is 0 Å². The third-order valence-corrected chi connectivity index (χ3v) is 5.18. The van der Waals surface area contributed by atoms with Crippen LogP contribution in [0.5, 0.6) is 0 Å². The van der Waals surface area contributed by atoms with Crippen molar-refractivity contribution in [2.75, 3.05) is 37.9 Å². The van der Waals surface area contributed by atoms with E-state index in [2.05, 4.69) is 15.5 Å². The maximum absolute atomic E-state index is 12.0.